The quantitative estimate of drug-likeness (QED) is 0.385. The number of aromatic nitrogens is 1. The molecule has 1 fully saturated rings. The van der Waals surface area contributed by atoms with E-state index >= 15 is 0 Å². The highest BCUT2D eigenvalue weighted by Gasteiger charge is 2.34. The third-order valence-electron chi connectivity index (χ3n) is 7.13. The summed E-state index contributed by atoms with van der Waals surface area (Å²) >= 11 is 0. The molecular weight excluding hydrogens is 482 g/mol. The molecule has 5 rings (SSSR count). The number of methoxy groups -OCH3 is 1. The van der Waals surface area contributed by atoms with Crippen molar-refractivity contribution in [1.82, 2.24) is 15.2 Å². The molecule has 1 aliphatic rings. The molecule has 8 heteroatoms. The van der Waals surface area contributed by atoms with Crippen LogP contribution in [0.4, 0.5) is 0 Å². The summed E-state index contributed by atoms with van der Waals surface area (Å²) in [7, 11) is 1.64. The number of carboxylic acid groups (broad SMARTS) is 1. The second-order valence-corrected chi connectivity index (χ2v) is 9.56. The minimum atomic E-state index is -1.12. The Labute approximate surface area is 220 Å². The van der Waals surface area contributed by atoms with E-state index in [0.717, 1.165) is 50.7 Å². The Morgan fingerprint density at radius 2 is 1.87 bits per heavy atom. The summed E-state index contributed by atoms with van der Waals surface area (Å²) in [6.45, 7) is 1.93. The molecule has 0 spiro atoms. The van der Waals surface area contributed by atoms with E-state index in [1.54, 1.807) is 7.11 Å². The first-order chi connectivity index (χ1) is 18.4. The standard InChI is InChI=1S/C30H29N3O5/c1-18(34)33-15-5-8-26(33)29(35)32-25(30(36)37)17-19-9-12-23-21(16-19)10-13-24(31-23)28-22-7-4-3-6-20(22)11-14-27(28)38-2/h3-4,6-7,9-14,16,25-26H,5,8,15,17H2,1-2H3,(H,32,35)(H,36,37). The molecule has 2 unspecified atom stereocenters. The van der Waals surface area contributed by atoms with Gasteiger partial charge < -0.3 is 20.1 Å². The summed E-state index contributed by atoms with van der Waals surface area (Å²) in [6, 6.07) is 19.8. The number of rotatable bonds is 7. The molecule has 1 aromatic heterocycles. The molecular formula is C30H29N3O5. The number of ether oxygens (including phenoxy) is 1. The molecule has 1 aliphatic heterocycles. The molecule has 0 saturated carbocycles. The van der Waals surface area contributed by atoms with Gasteiger partial charge in [-0.05, 0) is 53.4 Å². The van der Waals surface area contributed by atoms with Gasteiger partial charge in [0, 0.05) is 25.3 Å². The van der Waals surface area contributed by atoms with E-state index in [1.807, 2.05) is 66.7 Å². The minimum absolute atomic E-state index is 0.114. The highest BCUT2D eigenvalue weighted by Crippen LogP contribution is 2.36. The number of carboxylic acids is 1. The van der Waals surface area contributed by atoms with Gasteiger partial charge >= 0.3 is 5.97 Å². The largest absolute Gasteiger partial charge is 0.496 e. The van der Waals surface area contributed by atoms with Crippen LogP contribution in [0.1, 0.15) is 25.3 Å². The van der Waals surface area contributed by atoms with Crippen LogP contribution in [-0.4, -0.2) is 58.5 Å². The first-order valence-corrected chi connectivity index (χ1v) is 12.6. The Bertz CT molecular complexity index is 1550. The average molecular weight is 512 g/mol. The second kappa shape index (κ2) is 10.5. The normalized spacial score (nSPS) is 15.9. The maximum atomic E-state index is 12.8. The predicted molar refractivity (Wildman–Crippen MR) is 145 cm³/mol. The van der Waals surface area contributed by atoms with Crippen molar-refractivity contribution < 1.29 is 24.2 Å². The Hall–Kier alpha value is -4.46. The number of fused-ring (bicyclic) bond motifs is 2. The van der Waals surface area contributed by atoms with Gasteiger partial charge in [-0.15, -0.1) is 0 Å². The van der Waals surface area contributed by atoms with E-state index < -0.39 is 24.0 Å². The zero-order valence-corrected chi connectivity index (χ0v) is 21.3. The number of pyridine rings is 1. The number of amides is 2. The highest BCUT2D eigenvalue weighted by atomic mass is 16.5. The molecule has 2 amide bonds. The lowest BCUT2D eigenvalue weighted by Crippen LogP contribution is -2.51. The minimum Gasteiger partial charge on any atom is -0.496 e. The first kappa shape index (κ1) is 25.2. The van der Waals surface area contributed by atoms with Crippen molar-refractivity contribution in [2.45, 2.75) is 38.3 Å². The van der Waals surface area contributed by atoms with Crippen LogP contribution in [0.5, 0.6) is 5.75 Å². The lowest BCUT2D eigenvalue weighted by molar-refractivity contribution is -0.143. The fourth-order valence-electron chi connectivity index (χ4n) is 5.25. The average Bonchev–Trinajstić information content (AvgIpc) is 3.42. The summed E-state index contributed by atoms with van der Waals surface area (Å²) in [5, 5.41) is 15.4. The van der Waals surface area contributed by atoms with Crippen molar-refractivity contribution in [2.24, 2.45) is 0 Å². The monoisotopic (exact) mass is 511 g/mol. The third kappa shape index (κ3) is 4.89. The van der Waals surface area contributed by atoms with Gasteiger partial charge in [0.1, 0.15) is 17.8 Å². The number of carbonyl (C=O) groups is 3. The predicted octanol–water partition coefficient (Wildman–Crippen LogP) is 4.19. The fourth-order valence-corrected chi connectivity index (χ4v) is 5.25. The van der Waals surface area contributed by atoms with E-state index in [0.29, 0.717) is 13.0 Å². The number of hydrogen-bond acceptors (Lipinski definition) is 5. The van der Waals surface area contributed by atoms with Crippen LogP contribution < -0.4 is 10.1 Å². The van der Waals surface area contributed by atoms with Crippen LogP contribution in [0.25, 0.3) is 32.9 Å². The number of carbonyl (C=O) groups excluding carboxylic acids is 2. The molecule has 1 saturated heterocycles. The van der Waals surface area contributed by atoms with Crippen molar-refractivity contribution in [3.05, 3.63) is 72.3 Å². The summed E-state index contributed by atoms with van der Waals surface area (Å²) in [6.07, 6.45) is 1.37. The molecule has 194 valence electrons. The molecule has 8 nitrogen and oxygen atoms in total. The van der Waals surface area contributed by atoms with E-state index in [-0.39, 0.29) is 12.3 Å². The lowest BCUT2D eigenvalue weighted by atomic mass is 9.99. The number of nitrogens with one attached hydrogen (secondary N) is 1. The first-order valence-electron chi connectivity index (χ1n) is 12.6. The maximum Gasteiger partial charge on any atom is 0.326 e. The second-order valence-electron chi connectivity index (χ2n) is 9.56. The Morgan fingerprint density at radius 3 is 2.63 bits per heavy atom. The zero-order chi connectivity index (χ0) is 26.8. The summed E-state index contributed by atoms with van der Waals surface area (Å²) in [5.74, 6) is -1.00. The van der Waals surface area contributed by atoms with Gasteiger partial charge in [-0.1, -0.05) is 42.5 Å². The molecule has 3 aromatic carbocycles. The van der Waals surface area contributed by atoms with E-state index in [2.05, 4.69) is 5.32 Å². The van der Waals surface area contributed by atoms with Crippen molar-refractivity contribution in [3.8, 4) is 17.0 Å². The molecule has 4 aromatic rings. The van der Waals surface area contributed by atoms with Gasteiger partial charge in [0.05, 0.1) is 23.9 Å². The van der Waals surface area contributed by atoms with Crippen LogP contribution in [0, 0.1) is 0 Å². The molecule has 0 bridgehead atoms. The topological polar surface area (TPSA) is 109 Å². The number of hydrogen-bond donors (Lipinski definition) is 2. The van der Waals surface area contributed by atoms with Gasteiger partial charge in [0.2, 0.25) is 11.8 Å². The number of benzene rings is 3. The Kier molecular flexibility index (Phi) is 6.96. The van der Waals surface area contributed by atoms with Crippen molar-refractivity contribution in [2.75, 3.05) is 13.7 Å². The summed E-state index contributed by atoms with van der Waals surface area (Å²) in [4.78, 5) is 43.0. The van der Waals surface area contributed by atoms with Gasteiger partial charge in [0.25, 0.3) is 0 Å². The highest BCUT2D eigenvalue weighted by molar-refractivity contribution is 6.00. The Morgan fingerprint density at radius 1 is 1.08 bits per heavy atom. The summed E-state index contributed by atoms with van der Waals surface area (Å²) < 4.78 is 5.64. The van der Waals surface area contributed by atoms with Gasteiger partial charge in [0.15, 0.2) is 0 Å². The van der Waals surface area contributed by atoms with Gasteiger partial charge in [-0.2, -0.15) is 0 Å². The van der Waals surface area contributed by atoms with E-state index in [1.165, 1.54) is 11.8 Å². The molecule has 2 atom stereocenters. The zero-order valence-electron chi connectivity index (χ0n) is 21.3. The van der Waals surface area contributed by atoms with Crippen molar-refractivity contribution in [3.63, 3.8) is 0 Å². The molecule has 0 radical (unpaired) electrons. The molecule has 38 heavy (non-hydrogen) atoms. The maximum absolute atomic E-state index is 12.8. The SMILES string of the molecule is COc1ccc2ccccc2c1-c1ccc2cc(CC(NC(=O)C3CCCN3C(C)=O)C(=O)O)ccc2n1. The van der Waals surface area contributed by atoms with Gasteiger partial charge in [-0.25, -0.2) is 9.78 Å². The molecule has 2 N–H and O–H groups in total. The third-order valence-corrected chi connectivity index (χ3v) is 7.13. The molecule has 2 heterocycles. The van der Waals surface area contributed by atoms with Crippen LogP contribution >= 0.6 is 0 Å². The summed E-state index contributed by atoms with van der Waals surface area (Å²) in [5.41, 5.74) is 3.22. The van der Waals surface area contributed by atoms with Crippen LogP contribution in [0.3, 0.4) is 0 Å². The smallest absolute Gasteiger partial charge is 0.326 e. The number of aliphatic carboxylic acids is 1. The van der Waals surface area contributed by atoms with Crippen LogP contribution in [0.15, 0.2) is 66.7 Å². The van der Waals surface area contributed by atoms with Crippen LogP contribution in [-0.2, 0) is 20.8 Å². The van der Waals surface area contributed by atoms with E-state index in [9.17, 15) is 19.5 Å². The van der Waals surface area contributed by atoms with Gasteiger partial charge in [-0.3, -0.25) is 9.59 Å². The molecule has 0 aliphatic carbocycles. The number of nitrogens with zero attached hydrogens (tertiary/aromatic N) is 2. The number of likely N-dealkylation sites (tertiary alicyclic amines) is 1. The Balaban J connectivity index is 1.40. The van der Waals surface area contributed by atoms with E-state index in [4.69, 9.17) is 9.72 Å². The fraction of sp³-hybridized carbons (Fsp3) is 0.267. The lowest BCUT2D eigenvalue weighted by Gasteiger charge is -2.24. The van der Waals surface area contributed by atoms with Crippen molar-refractivity contribution in [1.29, 1.82) is 0 Å². The van der Waals surface area contributed by atoms with Crippen LogP contribution in [0.2, 0.25) is 0 Å². The van der Waals surface area contributed by atoms with Crippen molar-refractivity contribution >= 4 is 39.5 Å².